The van der Waals surface area contributed by atoms with Crippen LogP contribution in [-0.2, 0) is 11.2 Å². The van der Waals surface area contributed by atoms with Crippen molar-refractivity contribution in [1.82, 2.24) is 0 Å². The second-order valence-corrected chi connectivity index (χ2v) is 5.48. The van der Waals surface area contributed by atoms with Gasteiger partial charge in [0.25, 0.3) is 0 Å². The summed E-state index contributed by atoms with van der Waals surface area (Å²) in [5.41, 5.74) is 3.04. The molecule has 0 saturated carbocycles. The van der Waals surface area contributed by atoms with Gasteiger partial charge in [0.15, 0.2) is 11.5 Å². The Morgan fingerprint density at radius 3 is 2.52 bits per heavy atom. The first-order valence-corrected chi connectivity index (χ1v) is 8.01. The van der Waals surface area contributed by atoms with Crippen LogP contribution in [0.2, 0.25) is 0 Å². The molecule has 1 atom stereocenters. The van der Waals surface area contributed by atoms with Gasteiger partial charge in [-0.3, -0.25) is 4.79 Å². The van der Waals surface area contributed by atoms with Crippen LogP contribution in [0.4, 0.5) is 5.69 Å². The van der Waals surface area contributed by atoms with E-state index in [0.717, 1.165) is 28.3 Å². The van der Waals surface area contributed by atoms with Crippen molar-refractivity contribution < 1.29 is 14.3 Å². The standard InChI is InChI=1S/C19H21NO3/c1-3-22-17-10-9-13(12-18(17)23-4-2)11-15-14-7-5-6-8-16(14)20-19(15)21/h5-10,12,15H,3-4,11H2,1-2H3,(H,20,21). The minimum absolute atomic E-state index is 0.0537. The van der Waals surface area contributed by atoms with Gasteiger partial charge < -0.3 is 14.8 Å². The number of hydrogen-bond acceptors (Lipinski definition) is 3. The fourth-order valence-electron chi connectivity index (χ4n) is 2.94. The maximum absolute atomic E-state index is 12.2. The highest BCUT2D eigenvalue weighted by Gasteiger charge is 2.30. The highest BCUT2D eigenvalue weighted by atomic mass is 16.5. The molecular weight excluding hydrogens is 290 g/mol. The molecule has 0 bridgehead atoms. The average molecular weight is 311 g/mol. The second-order valence-electron chi connectivity index (χ2n) is 5.48. The van der Waals surface area contributed by atoms with Crippen molar-refractivity contribution in [3.8, 4) is 11.5 Å². The zero-order valence-corrected chi connectivity index (χ0v) is 13.5. The number of para-hydroxylation sites is 1. The zero-order chi connectivity index (χ0) is 16.2. The van der Waals surface area contributed by atoms with Crippen molar-refractivity contribution >= 4 is 11.6 Å². The molecule has 120 valence electrons. The fraction of sp³-hybridized carbons (Fsp3) is 0.316. The van der Waals surface area contributed by atoms with Gasteiger partial charge in [0.1, 0.15) is 0 Å². The van der Waals surface area contributed by atoms with Crippen molar-refractivity contribution in [2.24, 2.45) is 0 Å². The molecule has 0 spiro atoms. The van der Waals surface area contributed by atoms with Gasteiger partial charge in [-0.25, -0.2) is 0 Å². The third-order valence-electron chi connectivity index (χ3n) is 3.96. The zero-order valence-electron chi connectivity index (χ0n) is 13.5. The van der Waals surface area contributed by atoms with Crippen molar-refractivity contribution in [1.29, 1.82) is 0 Å². The van der Waals surface area contributed by atoms with Gasteiger partial charge in [0.2, 0.25) is 5.91 Å². The molecule has 0 aromatic heterocycles. The lowest BCUT2D eigenvalue weighted by molar-refractivity contribution is -0.117. The SMILES string of the molecule is CCOc1ccc(CC2C(=O)Nc3ccccc32)cc1OCC. The van der Waals surface area contributed by atoms with E-state index in [4.69, 9.17) is 9.47 Å². The number of nitrogens with one attached hydrogen (secondary N) is 1. The maximum atomic E-state index is 12.2. The van der Waals surface area contributed by atoms with E-state index in [1.165, 1.54) is 0 Å². The van der Waals surface area contributed by atoms with Crippen molar-refractivity contribution in [3.63, 3.8) is 0 Å². The second kappa shape index (κ2) is 6.73. The molecular formula is C19H21NO3. The number of benzene rings is 2. The van der Waals surface area contributed by atoms with Crippen LogP contribution in [-0.4, -0.2) is 19.1 Å². The van der Waals surface area contributed by atoms with Crippen LogP contribution in [0.1, 0.15) is 30.9 Å². The van der Waals surface area contributed by atoms with E-state index in [1.54, 1.807) is 0 Å². The minimum atomic E-state index is -0.154. The van der Waals surface area contributed by atoms with E-state index in [2.05, 4.69) is 5.32 Å². The summed E-state index contributed by atoms with van der Waals surface area (Å²) >= 11 is 0. The van der Waals surface area contributed by atoms with Gasteiger partial charge in [-0.15, -0.1) is 0 Å². The van der Waals surface area contributed by atoms with E-state index >= 15 is 0 Å². The Bertz CT molecular complexity index is 712. The fourth-order valence-corrected chi connectivity index (χ4v) is 2.94. The van der Waals surface area contributed by atoms with Crippen LogP contribution < -0.4 is 14.8 Å². The summed E-state index contributed by atoms with van der Waals surface area (Å²) in [6.07, 6.45) is 0.648. The number of carbonyl (C=O) groups excluding carboxylic acids is 1. The molecule has 1 aliphatic rings. The Kier molecular flexibility index (Phi) is 4.51. The van der Waals surface area contributed by atoms with Gasteiger partial charge in [-0.2, -0.15) is 0 Å². The third kappa shape index (κ3) is 3.16. The first-order valence-electron chi connectivity index (χ1n) is 8.01. The normalized spacial score (nSPS) is 15.9. The van der Waals surface area contributed by atoms with E-state index in [9.17, 15) is 4.79 Å². The van der Waals surface area contributed by atoms with Gasteiger partial charge >= 0.3 is 0 Å². The van der Waals surface area contributed by atoms with Crippen molar-refractivity contribution in [2.45, 2.75) is 26.2 Å². The lowest BCUT2D eigenvalue weighted by Crippen LogP contribution is -2.14. The molecule has 1 heterocycles. The number of amides is 1. The summed E-state index contributed by atoms with van der Waals surface area (Å²) < 4.78 is 11.3. The Morgan fingerprint density at radius 1 is 1.00 bits per heavy atom. The Labute approximate surface area is 136 Å². The first-order chi connectivity index (χ1) is 11.2. The number of carbonyl (C=O) groups is 1. The predicted octanol–water partition coefficient (Wildman–Crippen LogP) is 3.76. The summed E-state index contributed by atoms with van der Waals surface area (Å²) in [6.45, 7) is 5.07. The molecule has 1 unspecified atom stereocenters. The predicted molar refractivity (Wildman–Crippen MR) is 90.3 cm³/mol. The van der Waals surface area contributed by atoms with Crippen LogP contribution in [0.5, 0.6) is 11.5 Å². The molecule has 2 aromatic carbocycles. The van der Waals surface area contributed by atoms with Crippen LogP contribution in [0, 0.1) is 0 Å². The largest absolute Gasteiger partial charge is 0.490 e. The van der Waals surface area contributed by atoms with E-state index < -0.39 is 0 Å². The van der Waals surface area contributed by atoms with Crippen LogP contribution in [0.15, 0.2) is 42.5 Å². The monoisotopic (exact) mass is 311 g/mol. The smallest absolute Gasteiger partial charge is 0.232 e. The van der Waals surface area contributed by atoms with E-state index in [0.29, 0.717) is 19.6 Å². The highest BCUT2D eigenvalue weighted by Crippen LogP contribution is 2.36. The molecule has 23 heavy (non-hydrogen) atoms. The lowest BCUT2D eigenvalue weighted by Gasteiger charge is -2.14. The third-order valence-corrected chi connectivity index (χ3v) is 3.96. The minimum Gasteiger partial charge on any atom is -0.490 e. The van der Waals surface area contributed by atoms with Crippen LogP contribution in [0.25, 0.3) is 0 Å². The maximum Gasteiger partial charge on any atom is 0.232 e. The number of rotatable bonds is 6. The van der Waals surface area contributed by atoms with Crippen molar-refractivity contribution in [2.75, 3.05) is 18.5 Å². The highest BCUT2D eigenvalue weighted by molar-refractivity contribution is 6.03. The molecule has 0 aliphatic carbocycles. The van der Waals surface area contributed by atoms with E-state index in [-0.39, 0.29) is 11.8 Å². The molecule has 0 saturated heterocycles. The lowest BCUT2D eigenvalue weighted by atomic mass is 9.93. The number of ether oxygens (including phenoxy) is 2. The molecule has 1 aliphatic heterocycles. The van der Waals surface area contributed by atoms with Crippen LogP contribution in [0.3, 0.4) is 0 Å². The Morgan fingerprint density at radius 2 is 1.74 bits per heavy atom. The van der Waals surface area contributed by atoms with Gasteiger partial charge in [0.05, 0.1) is 19.1 Å². The average Bonchev–Trinajstić information content (AvgIpc) is 2.86. The first kappa shape index (κ1) is 15.4. The molecule has 4 heteroatoms. The molecule has 0 fully saturated rings. The molecule has 2 aromatic rings. The number of anilines is 1. The Hall–Kier alpha value is -2.49. The summed E-state index contributed by atoms with van der Waals surface area (Å²) in [4.78, 5) is 12.2. The van der Waals surface area contributed by atoms with E-state index in [1.807, 2.05) is 56.3 Å². The Balaban J connectivity index is 1.85. The summed E-state index contributed by atoms with van der Waals surface area (Å²) in [5.74, 6) is 1.38. The quantitative estimate of drug-likeness (QED) is 0.883. The van der Waals surface area contributed by atoms with Crippen molar-refractivity contribution in [3.05, 3.63) is 53.6 Å². The van der Waals surface area contributed by atoms with Gasteiger partial charge in [0, 0.05) is 5.69 Å². The van der Waals surface area contributed by atoms with Gasteiger partial charge in [-0.05, 0) is 49.6 Å². The molecule has 0 radical (unpaired) electrons. The molecule has 4 nitrogen and oxygen atoms in total. The molecule has 1 N–H and O–H groups in total. The van der Waals surface area contributed by atoms with Crippen LogP contribution >= 0.6 is 0 Å². The van der Waals surface area contributed by atoms with Gasteiger partial charge in [-0.1, -0.05) is 24.3 Å². The number of hydrogen-bond donors (Lipinski definition) is 1. The number of fused-ring (bicyclic) bond motifs is 1. The topological polar surface area (TPSA) is 47.6 Å². The summed E-state index contributed by atoms with van der Waals surface area (Å²) in [6, 6.07) is 13.8. The molecule has 1 amide bonds. The molecule has 3 rings (SSSR count). The summed E-state index contributed by atoms with van der Waals surface area (Å²) in [5, 5.41) is 2.94. The summed E-state index contributed by atoms with van der Waals surface area (Å²) in [7, 11) is 0.